The SMILES string of the molecule is CCCCCCCCCCCCCOCCOCCOCCOCCOCCOc1ccccc1N. The van der Waals surface area contributed by atoms with Gasteiger partial charge in [0.2, 0.25) is 0 Å². The standard InChI is InChI=1S/C29H53NO6/c1-2-3-4-5-6-7-8-9-10-11-14-17-31-18-19-32-20-21-33-22-23-34-24-25-35-26-27-36-29-16-13-12-15-28(29)30/h12-13,15-16H,2-11,14,17-27,30H2,1H3. The second kappa shape index (κ2) is 26.7. The summed E-state index contributed by atoms with van der Waals surface area (Å²) in [6, 6.07) is 7.43. The van der Waals surface area contributed by atoms with E-state index < -0.39 is 0 Å². The zero-order valence-electron chi connectivity index (χ0n) is 22.9. The van der Waals surface area contributed by atoms with Gasteiger partial charge in [-0.2, -0.15) is 0 Å². The first-order valence-corrected chi connectivity index (χ1v) is 14.2. The van der Waals surface area contributed by atoms with Crippen molar-refractivity contribution in [1.29, 1.82) is 0 Å². The summed E-state index contributed by atoms with van der Waals surface area (Å²) in [4.78, 5) is 0. The molecule has 0 radical (unpaired) electrons. The van der Waals surface area contributed by atoms with Crippen LogP contribution in [0.5, 0.6) is 5.75 Å². The molecule has 0 atom stereocenters. The first-order valence-electron chi connectivity index (χ1n) is 14.2. The Labute approximate surface area is 220 Å². The molecule has 1 aromatic rings. The summed E-state index contributed by atoms with van der Waals surface area (Å²) >= 11 is 0. The van der Waals surface area contributed by atoms with E-state index in [4.69, 9.17) is 34.2 Å². The molecule has 0 aliphatic heterocycles. The average molecular weight is 512 g/mol. The number of unbranched alkanes of at least 4 members (excludes halogenated alkanes) is 10. The van der Waals surface area contributed by atoms with E-state index in [-0.39, 0.29) is 0 Å². The molecule has 0 aromatic heterocycles. The first-order chi connectivity index (χ1) is 17.8. The van der Waals surface area contributed by atoms with E-state index in [2.05, 4.69) is 6.92 Å². The van der Waals surface area contributed by atoms with Gasteiger partial charge in [-0.3, -0.25) is 0 Å². The van der Waals surface area contributed by atoms with Crippen molar-refractivity contribution >= 4 is 5.69 Å². The van der Waals surface area contributed by atoms with Gasteiger partial charge in [0, 0.05) is 6.61 Å². The highest BCUT2D eigenvalue weighted by molar-refractivity contribution is 5.51. The fraction of sp³-hybridized carbons (Fsp3) is 0.793. The number of benzene rings is 1. The van der Waals surface area contributed by atoms with Crippen molar-refractivity contribution in [3.05, 3.63) is 24.3 Å². The Kier molecular flexibility index (Phi) is 24.2. The van der Waals surface area contributed by atoms with Crippen LogP contribution in [0.25, 0.3) is 0 Å². The lowest BCUT2D eigenvalue weighted by Crippen LogP contribution is -2.14. The molecule has 0 saturated heterocycles. The zero-order chi connectivity index (χ0) is 25.8. The minimum absolute atomic E-state index is 0.460. The number of hydrogen-bond acceptors (Lipinski definition) is 7. The number of para-hydroxylation sites is 2. The fourth-order valence-electron chi connectivity index (χ4n) is 3.67. The molecule has 0 spiro atoms. The Morgan fingerprint density at radius 2 is 0.861 bits per heavy atom. The first kappa shape index (κ1) is 32.6. The van der Waals surface area contributed by atoms with Gasteiger partial charge in [0.15, 0.2) is 0 Å². The third kappa shape index (κ3) is 21.9. The van der Waals surface area contributed by atoms with Crippen LogP contribution in [-0.4, -0.2) is 72.7 Å². The molecule has 0 bridgehead atoms. The van der Waals surface area contributed by atoms with Gasteiger partial charge in [0.1, 0.15) is 12.4 Å². The molecule has 0 aliphatic carbocycles. The second-order valence-electron chi connectivity index (χ2n) is 8.98. The lowest BCUT2D eigenvalue weighted by Gasteiger charge is -2.09. The molecule has 7 nitrogen and oxygen atoms in total. The number of nitrogen functional groups attached to an aromatic ring is 1. The van der Waals surface area contributed by atoms with E-state index >= 15 is 0 Å². The van der Waals surface area contributed by atoms with E-state index in [9.17, 15) is 0 Å². The van der Waals surface area contributed by atoms with E-state index in [1.807, 2.05) is 24.3 Å². The van der Waals surface area contributed by atoms with Crippen LogP contribution in [0, 0.1) is 0 Å². The average Bonchev–Trinajstić information content (AvgIpc) is 2.89. The Morgan fingerprint density at radius 3 is 1.33 bits per heavy atom. The number of nitrogens with two attached hydrogens (primary N) is 1. The Bertz CT molecular complexity index is 574. The van der Waals surface area contributed by atoms with E-state index in [1.165, 1.54) is 64.2 Å². The molecule has 0 unspecified atom stereocenters. The summed E-state index contributed by atoms with van der Waals surface area (Å²) in [6.07, 6.45) is 14.9. The fourth-order valence-corrected chi connectivity index (χ4v) is 3.67. The molecule has 0 saturated carbocycles. The van der Waals surface area contributed by atoms with Crippen molar-refractivity contribution in [3.8, 4) is 5.75 Å². The summed E-state index contributed by atoms with van der Waals surface area (Å²) < 4.78 is 33.2. The maximum absolute atomic E-state index is 5.82. The van der Waals surface area contributed by atoms with Gasteiger partial charge in [-0.15, -0.1) is 0 Å². The largest absolute Gasteiger partial charge is 0.489 e. The van der Waals surface area contributed by atoms with Gasteiger partial charge in [-0.25, -0.2) is 0 Å². The highest BCUT2D eigenvalue weighted by Gasteiger charge is 1.98. The Balaban J connectivity index is 1.66. The summed E-state index contributed by atoms with van der Waals surface area (Å²) in [5.74, 6) is 0.686. The third-order valence-electron chi connectivity index (χ3n) is 5.78. The summed E-state index contributed by atoms with van der Waals surface area (Å²) in [5.41, 5.74) is 6.45. The van der Waals surface area contributed by atoms with Crippen molar-refractivity contribution in [2.24, 2.45) is 0 Å². The molecule has 36 heavy (non-hydrogen) atoms. The number of anilines is 1. The molecule has 0 amide bonds. The summed E-state index contributed by atoms with van der Waals surface area (Å²) in [7, 11) is 0. The van der Waals surface area contributed by atoms with Crippen LogP contribution in [-0.2, 0) is 23.7 Å². The van der Waals surface area contributed by atoms with E-state index in [0.717, 1.165) is 13.0 Å². The number of rotatable bonds is 28. The van der Waals surface area contributed by atoms with Crippen LogP contribution in [0.1, 0.15) is 77.6 Å². The van der Waals surface area contributed by atoms with Crippen LogP contribution in [0.4, 0.5) is 5.69 Å². The predicted molar refractivity (Wildman–Crippen MR) is 147 cm³/mol. The molecule has 210 valence electrons. The summed E-state index contributed by atoms with van der Waals surface area (Å²) in [6.45, 7) is 8.64. The van der Waals surface area contributed by atoms with E-state index in [0.29, 0.717) is 77.5 Å². The molecular weight excluding hydrogens is 458 g/mol. The van der Waals surface area contributed by atoms with Crippen LogP contribution < -0.4 is 10.5 Å². The number of ether oxygens (including phenoxy) is 6. The molecule has 0 fully saturated rings. The normalized spacial score (nSPS) is 11.2. The second-order valence-corrected chi connectivity index (χ2v) is 8.98. The maximum Gasteiger partial charge on any atom is 0.142 e. The molecular formula is C29H53NO6. The van der Waals surface area contributed by atoms with Crippen molar-refractivity contribution < 1.29 is 28.4 Å². The van der Waals surface area contributed by atoms with Gasteiger partial charge in [0.05, 0.1) is 65.1 Å². The van der Waals surface area contributed by atoms with Crippen molar-refractivity contribution in [1.82, 2.24) is 0 Å². The highest BCUT2D eigenvalue weighted by Crippen LogP contribution is 2.19. The van der Waals surface area contributed by atoms with Gasteiger partial charge < -0.3 is 34.2 Å². The molecule has 0 heterocycles. The smallest absolute Gasteiger partial charge is 0.142 e. The predicted octanol–water partition coefficient (Wildman–Crippen LogP) is 6.04. The van der Waals surface area contributed by atoms with Gasteiger partial charge in [-0.1, -0.05) is 83.3 Å². The summed E-state index contributed by atoms with van der Waals surface area (Å²) in [5, 5.41) is 0. The highest BCUT2D eigenvalue weighted by atomic mass is 16.6. The Morgan fingerprint density at radius 1 is 0.472 bits per heavy atom. The maximum atomic E-state index is 5.82. The molecule has 2 N–H and O–H groups in total. The third-order valence-corrected chi connectivity index (χ3v) is 5.78. The lowest BCUT2D eigenvalue weighted by atomic mass is 10.1. The Hall–Kier alpha value is -1.38. The molecule has 1 aromatic carbocycles. The van der Waals surface area contributed by atoms with Gasteiger partial charge >= 0.3 is 0 Å². The van der Waals surface area contributed by atoms with E-state index in [1.54, 1.807) is 0 Å². The van der Waals surface area contributed by atoms with Crippen LogP contribution in [0.3, 0.4) is 0 Å². The van der Waals surface area contributed by atoms with Crippen molar-refractivity contribution in [3.63, 3.8) is 0 Å². The van der Waals surface area contributed by atoms with Crippen LogP contribution in [0.2, 0.25) is 0 Å². The molecule has 0 aliphatic rings. The number of hydrogen-bond donors (Lipinski definition) is 1. The quantitative estimate of drug-likeness (QED) is 0.108. The topological polar surface area (TPSA) is 81.4 Å². The van der Waals surface area contributed by atoms with Gasteiger partial charge in [0.25, 0.3) is 0 Å². The molecule has 7 heteroatoms. The lowest BCUT2D eigenvalue weighted by molar-refractivity contribution is -0.0128. The zero-order valence-corrected chi connectivity index (χ0v) is 22.9. The monoisotopic (exact) mass is 511 g/mol. The minimum atomic E-state index is 0.460. The van der Waals surface area contributed by atoms with Crippen molar-refractivity contribution in [2.75, 3.05) is 78.4 Å². The minimum Gasteiger partial charge on any atom is -0.489 e. The van der Waals surface area contributed by atoms with Gasteiger partial charge in [-0.05, 0) is 18.6 Å². The van der Waals surface area contributed by atoms with Crippen LogP contribution in [0.15, 0.2) is 24.3 Å². The molecule has 1 rings (SSSR count). The van der Waals surface area contributed by atoms with Crippen molar-refractivity contribution in [2.45, 2.75) is 77.6 Å². The van der Waals surface area contributed by atoms with Crippen LogP contribution >= 0.6 is 0 Å².